The minimum Gasteiger partial charge on any atom is -0.370 e. The van der Waals surface area contributed by atoms with Crippen LogP contribution in [0, 0.1) is 0 Å². The molecule has 2 aliphatic rings. The highest BCUT2D eigenvalue weighted by molar-refractivity contribution is 5.33. The molecule has 2 heteroatoms. The summed E-state index contributed by atoms with van der Waals surface area (Å²) in [5.41, 5.74) is 2.86. The van der Waals surface area contributed by atoms with Gasteiger partial charge in [-0.1, -0.05) is 24.3 Å². The average molecular weight is 203 g/mol. The Balaban J connectivity index is 1.93. The Morgan fingerprint density at radius 1 is 1.33 bits per heavy atom. The lowest BCUT2D eigenvalue weighted by Crippen LogP contribution is -2.50. The van der Waals surface area contributed by atoms with Crippen molar-refractivity contribution in [1.82, 2.24) is 5.32 Å². The Kier molecular flexibility index (Phi) is 2.26. The molecular weight excluding hydrogens is 186 g/mol. The molecule has 1 saturated heterocycles. The number of hydrogen-bond acceptors (Lipinski definition) is 2. The van der Waals surface area contributed by atoms with Gasteiger partial charge in [-0.3, -0.25) is 0 Å². The van der Waals surface area contributed by atoms with Crippen molar-refractivity contribution in [2.75, 3.05) is 6.61 Å². The molecule has 3 rings (SSSR count). The third-order valence-electron chi connectivity index (χ3n) is 3.48. The summed E-state index contributed by atoms with van der Waals surface area (Å²) >= 11 is 0. The first-order valence-corrected chi connectivity index (χ1v) is 5.80. The van der Waals surface area contributed by atoms with Crippen molar-refractivity contribution in [2.24, 2.45) is 0 Å². The van der Waals surface area contributed by atoms with E-state index in [-0.39, 0.29) is 6.10 Å². The topological polar surface area (TPSA) is 21.3 Å². The van der Waals surface area contributed by atoms with E-state index in [1.807, 2.05) is 0 Å². The predicted octanol–water partition coefficient (Wildman–Crippen LogP) is 2.05. The van der Waals surface area contributed by atoms with Gasteiger partial charge in [0.05, 0.1) is 12.7 Å². The van der Waals surface area contributed by atoms with Crippen LogP contribution in [0.2, 0.25) is 0 Å². The zero-order valence-corrected chi connectivity index (χ0v) is 9.07. The van der Waals surface area contributed by atoms with E-state index in [0.29, 0.717) is 12.1 Å². The first-order valence-electron chi connectivity index (χ1n) is 5.80. The number of rotatable bonds is 0. The van der Waals surface area contributed by atoms with Gasteiger partial charge in [-0.25, -0.2) is 0 Å². The minimum absolute atomic E-state index is 0.283. The maximum absolute atomic E-state index is 5.96. The van der Waals surface area contributed by atoms with Crippen molar-refractivity contribution < 1.29 is 4.74 Å². The Hall–Kier alpha value is -0.860. The average Bonchev–Trinajstić information content (AvgIpc) is 2.28. The van der Waals surface area contributed by atoms with Crippen LogP contribution in [0.3, 0.4) is 0 Å². The van der Waals surface area contributed by atoms with E-state index in [2.05, 4.69) is 36.5 Å². The number of aryl methyl sites for hydroxylation is 1. The van der Waals surface area contributed by atoms with E-state index in [9.17, 15) is 0 Å². The molecule has 3 unspecified atom stereocenters. The first kappa shape index (κ1) is 9.37. The largest absolute Gasteiger partial charge is 0.370 e. The van der Waals surface area contributed by atoms with Crippen molar-refractivity contribution >= 4 is 0 Å². The number of nitrogens with one attached hydrogen (secondary N) is 1. The zero-order valence-electron chi connectivity index (χ0n) is 9.07. The lowest BCUT2D eigenvalue weighted by atomic mass is 9.84. The Morgan fingerprint density at radius 2 is 2.20 bits per heavy atom. The monoisotopic (exact) mass is 203 g/mol. The molecule has 0 bridgehead atoms. The van der Waals surface area contributed by atoms with E-state index in [1.54, 1.807) is 0 Å². The van der Waals surface area contributed by atoms with Crippen LogP contribution in [0.5, 0.6) is 0 Å². The molecule has 1 N–H and O–H groups in total. The van der Waals surface area contributed by atoms with Gasteiger partial charge in [-0.2, -0.15) is 0 Å². The zero-order chi connectivity index (χ0) is 10.3. The van der Waals surface area contributed by atoms with Gasteiger partial charge in [0.25, 0.3) is 0 Å². The fraction of sp³-hybridized carbons (Fsp3) is 0.538. The number of benzene rings is 1. The molecule has 1 aliphatic heterocycles. The molecule has 80 valence electrons. The quantitative estimate of drug-likeness (QED) is 0.697. The highest BCUT2D eigenvalue weighted by Crippen LogP contribution is 2.34. The van der Waals surface area contributed by atoms with Crippen molar-refractivity contribution in [3.05, 3.63) is 35.4 Å². The second-order valence-electron chi connectivity index (χ2n) is 4.67. The van der Waals surface area contributed by atoms with Crippen molar-refractivity contribution in [3.63, 3.8) is 0 Å². The van der Waals surface area contributed by atoms with Crippen LogP contribution in [-0.2, 0) is 11.2 Å². The summed E-state index contributed by atoms with van der Waals surface area (Å²) in [6.45, 7) is 3.02. The lowest BCUT2D eigenvalue weighted by molar-refractivity contribution is -0.0324. The number of morpholine rings is 1. The van der Waals surface area contributed by atoms with Crippen molar-refractivity contribution in [1.29, 1.82) is 0 Å². The van der Waals surface area contributed by atoms with Gasteiger partial charge in [-0.15, -0.1) is 0 Å². The van der Waals surface area contributed by atoms with Crippen LogP contribution in [-0.4, -0.2) is 18.7 Å². The van der Waals surface area contributed by atoms with Gasteiger partial charge < -0.3 is 10.1 Å². The fourth-order valence-electron chi connectivity index (χ4n) is 2.76. The normalized spacial score (nSPS) is 34.3. The molecule has 1 heterocycles. The Bertz CT molecular complexity index is 363. The highest BCUT2D eigenvalue weighted by atomic mass is 16.5. The SMILES string of the molecule is CC1COC2c3ccccc3CCC2N1. The first-order chi connectivity index (χ1) is 7.34. The van der Waals surface area contributed by atoms with Crippen LogP contribution < -0.4 is 5.32 Å². The van der Waals surface area contributed by atoms with E-state index < -0.39 is 0 Å². The van der Waals surface area contributed by atoms with E-state index in [4.69, 9.17) is 4.74 Å². The summed E-state index contributed by atoms with van der Waals surface area (Å²) in [6, 6.07) is 9.69. The molecule has 1 fully saturated rings. The van der Waals surface area contributed by atoms with E-state index in [1.165, 1.54) is 24.0 Å². The van der Waals surface area contributed by atoms with Crippen LogP contribution >= 0.6 is 0 Å². The van der Waals surface area contributed by atoms with Crippen LogP contribution in [0.1, 0.15) is 30.6 Å². The molecule has 2 nitrogen and oxygen atoms in total. The molecule has 3 atom stereocenters. The van der Waals surface area contributed by atoms with Crippen molar-refractivity contribution in [2.45, 2.75) is 38.0 Å². The third kappa shape index (κ3) is 1.58. The second-order valence-corrected chi connectivity index (χ2v) is 4.67. The smallest absolute Gasteiger partial charge is 0.0981 e. The van der Waals surface area contributed by atoms with Gasteiger partial charge in [0.1, 0.15) is 0 Å². The summed E-state index contributed by atoms with van der Waals surface area (Å²) < 4.78 is 5.96. The van der Waals surface area contributed by atoms with E-state index in [0.717, 1.165) is 6.61 Å². The minimum atomic E-state index is 0.283. The summed E-state index contributed by atoms with van der Waals surface area (Å²) in [5, 5.41) is 3.63. The van der Waals surface area contributed by atoms with Gasteiger partial charge in [0, 0.05) is 12.1 Å². The summed E-state index contributed by atoms with van der Waals surface area (Å²) in [5.74, 6) is 0. The van der Waals surface area contributed by atoms with Gasteiger partial charge in [-0.05, 0) is 30.9 Å². The molecule has 0 saturated carbocycles. The fourth-order valence-corrected chi connectivity index (χ4v) is 2.76. The lowest BCUT2D eigenvalue weighted by Gasteiger charge is -2.40. The molecule has 0 radical (unpaired) electrons. The molecule has 0 aromatic heterocycles. The highest BCUT2D eigenvalue weighted by Gasteiger charge is 2.34. The molecule has 1 aliphatic carbocycles. The standard InChI is InChI=1S/C13H17NO/c1-9-8-15-13-11-5-3-2-4-10(11)6-7-12(13)14-9/h2-5,9,12-14H,6-8H2,1H3. The molecule has 15 heavy (non-hydrogen) atoms. The predicted molar refractivity (Wildman–Crippen MR) is 59.8 cm³/mol. The summed E-state index contributed by atoms with van der Waals surface area (Å²) in [7, 11) is 0. The van der Waals surface area contributed by atoms with Gasteiger partial charge in [0.15, 0.2) is 0 Å². The maximum atomic E-state index is 5.96. The second kappa shape index (κ2) is 3.62. The molecule has 1 aromatic carbocycles. The van der Waals surface area contributed by atoms with Gasteiger partial charge in [0.2, 0.25) is 0 Å². The molecular formula is C13H17NO. The third-order valence-corrected chi connectivity index (χ3v) is 3.48. The van der Waals surface area contributed by atoms with Gasteiger partial charge >= 0.3 is 0 Å². The van der Waals surface area contributed by atoms with E-state index >= 15 is 0 Å². The Labute approximate surface area is 90.6 Å². The Morgan fingerprint density at radius 3 is 3.13 bits per heavy atom. The maximum Gasteiger partial charge on any atom is 0.0981 e. The number of ether oxygens (including phenoxy) is 1. The summed E-state index contributed by atoms with van der Waals surface area (Å²) in [6.07, 6.45) is 2.66. The molecule has 1 aromatic rings. The number of hydrogen-bond donors (Lipinski definition) is 1. The number of fused-ring (bicyclic) bond motifs is 3. The van der Waals surface area contributed by atoms with Crippen LogP contribution in [0.4, 0.5) is 0 Å². The van der Waals surface area contributed by atoms with Crippen LogP contribution in [0.25, 0.3) is 0 Å². The van der Waals surface area contributed by atoms with Crippen LogP contribution in [0.15, 0.2) is 24.3 Å². The summed E-state index contributed by atoms with van der Waals surface area (Å²) in [4.78, 5) is 0. The molecule has 0 spiro atoms. The van der Waals surface area contributed by atoms with Crippen molar-refractivity contribution in [3.8, 4) is 0 Å². The molecule has 0 amide bonds.